The normalized spacial score (nSPS) is 11.4. The minimum atomic E-state index is 0.203. The first-order valence-electron chi connectivity index (χ1n) is 16.5. The Hall–Kier alpha value is -4.59. The number of aryl methyl sites for hydroxylation is 1. The third kappa shape index (κ3) is 7.70. The summed E-state index contributed by atoms with van der Waals surface area (Å²) in [6, 6.07) is 4.62. The lowest BCUT2D eigenvalue weighted by molar-refractivity contribution is 0.242. The highest BCUT2D eigenvalue weighted by Gasteiger charge is 2.29. The third-order valence-electron chi connectivity index (χ3n) is 7.70. The van der Waals surface area contributed by atoms with Gasteiger partial charge in [0.05, 0.1) is 47.2 Å². The van der Waals surface area contributed by atoms with E-state index < -0.39 is 0 Å². The van der Waals surface area contributed by atoms with E-state index in [0.29, 0.717) is 68.8 Å². The van der Waals surface area contributed by atoms with Gasteiger partial charge in [-0.2, -0.15) is 20.7 Å². The molecule has 0 aliphatic rings. The summed E-state index contributed by atoms with van der Waals surface area (Å²) in [7, 11) is 2.08. The van der Waals surface area contributed by atoms with E-state index in [1.807, 2.05) is 32.4 Å². The number of thiophene rings is 1. The first-order valence-corrected chi connectivity index (χ1v) is 17.4. The zero-order valence-electron chi connectivity index (χ0n) is 29.1. The Labute approximate surface area is 281 Å². The fourth-order valence-electron chi connectivity index (χ4n) is 5.07. The lowest BCUT2D eigenvalue weighted by atomic mass is 9.98. The van der Waals surface area contributed by atoms with Crippen LogP contribution < -0.4 is 5.73 Å². The molecule has 12 nitrogen and oxygen atoms in total. The van der Waals surface area contributed by atoms with Gasteiger partial charge in [-0.25, -0.2) is 19.3 Å². The van der Waals surface area contributed by atoms with Crippen molar-refractivity contribution in [1.29, 1.82) is 10.5 Å². The van der Waals surface area contributed by atoms with Crippen LogP contribution in [0.15, 0.2) is 23.1 Å². The van der Waals surface area contributed by atoms with Crippen LogP contribution in [0.3, 0.4) is 0 Å². The van der Waals surface area contributed by atoms with Crippen LogP contribution in [0.1, 0.15) is 96.2 Å². The van der Waals surface area contributed by atoms with Crippen LogP contribution in [0.25, 0.3) is 39.7 Å². The van der Waals surface area contributed by atoms with Gasteiger partial charge in [-0.15, -0.1) is 11.3 Å². The van der Waals surface area contributed by atoms with Gasteiger partial charge in [-0.05, 0) is 39.8 Å². The average Bonchev–Trinajstić information content (AvgIpc) is 3.90. The molecule has 13 heteroatoms. The molecule has 0 bridgehead atoms. The predicted octanol–water partition coefficient (Wildman–Crippen LogP) is 7.41. The number of unbranched alkanes of at least 4 members (excludes halogenated alkanes) is 1. The number of aromatic nitrogens is 7. The number of anilines is 1. The smallest absolute Gasteiger partial charge is 0.186 e. The molecule has 1 unspecified atom stereocenters. The highest BCUT2D eigenvalue weighted by atomic mass is 32.1. The summed E-state index contributed by atoms with van der Waals surface area (Å²) >= 11 is 1.42. The largest absolute Gasteiger partial charge is 0.389 e. The van der Waals surface area contributed by atoms with Crippen molar-refractivity contribution in [3.8, 4) is 40.8 Å². The van der Waals surface area contributed by atoms with Crippen molar-refractivity contribution in [2.75, 3.05) is 19.3 Å². The molecule has 1 atom stereocenters. The van der Waals surface area contributed by atoms with E-state index in [0.717, 1.165) is 42.7 Å². The van der Waals surface area contributed by atoms with E-state index in [2.05, 4.69) is 67.1 Å². The van der Waals surface area contributed by atoms with Crippen molar-refractivity contribution in [3.63, 3.8) is 0 Å². The maximum absolute atomic E-state index is 10.0. The minimum absolute atomic E-state index is 0.203. The Kier molecular flexibility index (Phi) is 13.6. The van der Waals surface area contributed by atoms with Crippen LogP contribution in [0, 0.1) is 22.7 Å². The van der Waals surface area contributed by atoms with Crippen molar-refractivity contribution in [3.05, 3.63) is 40.2 Å². The first kappa shape index (κ1) is 36.9. The maximum atomic E-state index is 10.0. The van der Waals surface area contributed by atoms with Gasteiger partial charge in [-0.1, -0.05) is 66.5 Å². The number of nitrogen functional groups attached to an aromatic ring is 1. The van der Waals surface area contributed by atoms with Crippen molar-refractivity contribution in [2.45, 2.75) is 100 Å². The van der Waals surface area contributed by atoms with Crippen LogP contribution in [0.5, 0.6) is 0 Å². The molecule has 5 aromatic rings. The summed E-state index contributed by atoms with van der Waals surface area (Å²) in [6.07, 6.45) is 9.02. The number of nitrogens with zero attached hydrogens (tertiary/aromatic N) is 10. The number of hydrogen-bond acceptors (Lipinski definition) is 11. The van der Waals surface area contributed by atoms with E-state index in [1.54, 1.807) is 17.1 Å². The van der Waals surface area contributed by atoms with Gasteiger partial charge in [-0.3, -0.25) is 0 Å². The maximum Gasteiger partial charge on any atom is 0.186 e. The van der Waals surface area contributed by atoms with Gasteiger partial charge >= 0.3 is 0 Å². The number of nitrogens with two attached hydrogens (primary N) is 1. The highest BCUT2D eigenvalue weighted by molar-refractivity contribution is 7.16. The Morgan fingerprint density at radius 3 is 2.38 bits per heavy atom. The number of rotatable bonds is 12. The van der Waals surface area contributed by atoms with Crippen LogP contribution >= 0.6 is 11.3 Å². The van der Waals surface area contributed by atoms with Gasteiger partial charge in [0.2, 0.25) is 0 Å². The minimum Gasteiger partial charge on any atom is -0.389 e. The average molecular weight is 658 g/mol. The summed E-state index contributed by atoms with van der Waals surface area (Å²) in [6.45, 7) is 18.0. The molecule has 0 fully saturated rings. The molecule has 0 aromatic carbocycles. The predicted molar refractivity (Wildman–Crippen MR) is 188 cm³/mol. The summed E-state index contributed by atoms with van der Waals surface area (Å²) in [5.41, 5.74) is 9.79. The first-order chi connectivity index (χ1) is 22.8. The van der Waals surface area contributed by atoms with E-state index in [4.69, 9.17) is 20.2 Å². The highest BCUT2D eigenvalue weighted by Crippen LogP contribution is 2.43. The molecule has 0 aliphatic heterocycles. The second kappa shape index (κ2) is 17.4. The zero-order valence-corrected chi connectivity index (χ0v) is 29.9. The van der Waals surface area contributed by atoms with Gasteiger partial charge in [0.15, 0.2) is 28.7 Å². The molecule has 0 radical (unpaired) electrons. The lowest BCUT2D eigenvalue weighted by Crippen LogP contribution is -2.32. The molecular formula is C34H47N11OS. The Morgan fingerprint density at radius 2 is 1.77 bits per heavy atom. The molecule has 0 spiro atoms. The van der Waals surface area contributed by atoms with Crippen LogP contribution in [0.2, 0.25) is 0 Å². The van der Waals surface area contributed by atoms with Crippen molar-refractivity contribution < 1.29 is 4.52 Å². The summed E-state index contributed by atoms with van der Waals surface area (Å²) in [4.78, 5) is 13.2. The molecular weight excluding hydrogens is 611 g/mol. The molecule has 0 aliphatic carbocycles. The van der Waals surface area contributed by atoms with Gasteiger partial charge in [0, 0.05) is 16.5 Å². The SMILES string of the molecule is CC.CC.CCCCc1c(-c2nc(-n3cc(C#N)cn3)c3cnn(CC(C)N(C)CC)c3n2)noc1-c1c(CCC)sc(N)c1C#N. The molecule has 2 N–H and O–H groups in total. The fourth-order valence-corrected chi connectivity index (χ4v) is 6.19. The standard InChI is InChI=1S/C30H35N11OS.2C2H6/c1-6-9-11-20-25(38-42-26(20)24-21(13-32)27(33)43-23(24)10-7-2)28-36-29-22(15-35-40(29)16-18(4)39(5)8-3)30(37-28)41-17-19(12-31)14-34-41;2*1-2/h14-15,17-18H,6-11,16,33H2,1-5H3;2*1-2H3. The third-order valence-corrected chi connectivity index (χ3v) is 8.78. The van der Waals surface area contributed by atoms with E-state index in [-0.39, 0.29) is 6.04 Å². The van der Waals surface area contributed by atoms with E-state index in [9.17, 15) is 10.5 Å². The summed E-state index contributed by atoms with van der Waals surface area (Å²) < 4.78 is 9.49. The number of fused-ring (bicyclic) bond motifs is 1. The molecule has 47 heavy (non-hydrogen) atoms. The molecule has 5 rings (SSSR count). The zero-order chi connectivity index (χ0) is 34.7. The summed E-state index contributed by atoms with van der Waals surface area (Å²) in [5, 5.41) is 34.2. The molecule has 5 aromatic heterocycles. The lowest BCUT2D eigenvalue weighted by Gasteiger charge is -2.22. The second-order valence-electron chi connectivity index (χ2n) is 10.6. The van der Waals surface area contributed by atoms with Gasteiger partial charge in [0.1, 0.15) is 17.1 Å². The van der Waals surface area contributed by atoms with Crippen molar-refractivity contribution in [2.24, 2.45) is 0 Å². The molecule has 0 saturated carbocycles. The Morgan fingerprint density at radius 1 is 1.02 bits per heavy atom. The number of likely N-dealkylation sites (N-methyl/N-ethyl adjacent to an activating group) is 1. The van der Waals surface area contributed by atoms with Crippen molar-refractivity contribution in [1.82, 2.24) is 39.6 Å². The topological polar surface area (TPSA) is 164 Å². The molecule has 5 heterocycles. The van der Waals surface area contributed by atoms with Crippen LogP contribution in [0.4, 0.5) is 5.00 Å². The number of nitriles is 2. The fraction of sp³-hybridized carbons (Fsp3) is 0.500. The molecule has 0 saturated heterocycles. The van der Waals surface area contributed by atoms with Gasteiger partial charge in [0.25, 0.3) is 0 Å². The quantitative estimate of drug-likeness (QED) is 0.143. The monoisotopic (exact) mass is 657 g/mol. The van der Waals surface area contributed by atoms with E-state index >= 15 is 0 Å². The Bertz CT molecular complexity index is 1830. The number of hydrogen-bond donors (Lipinski definition) is 1. The molecule has 250 valence electrons. The van der Waals surface area contributed by atoms with Gasteiger partial charge < -0.3 is 15.2 Å². The van der Waals surface area contributed by atoms with E-state index in [1.165, 1.54) is 17.5 Å². The van der Waals surface area contributed by atoms with Crippen molar-refractivity contribution >= 4 is 27.4 Å². The Balaban J connectivity index is 0.00000144. The second-order valence-corrected chi connectivity index (χ2v) is 11.7. The van der Waals surface area contributed by atoms with Crippen LogP contribution in [-0.2, 0) is 19.4 Å². The van der Waals surface area contributed by atoms with Crippen LogP contribution in [-0.4, -0.2) is 59.2 Å². The molecule has 0 amide bonds. The summed E-state index contributed by atoms with van der Waals surface area (Å²) in [5.74, 6) is 1.38.